The van der Waals surface area contributed by atoms with Crippen LogP contribution in [-0.2, 0) is 17.8 Å². The summed E-state index contributed by atoms with van der Waals surface area (Å²) in [5.74, 6) is 0.908. The first-order chi connectivity index (χ1) is 16.2. The summed E-state index contributed by atoms with van der Waals surface area (Å²) in [6.07, 6.45) is 6.12. The maximum absolute atomic E-state index is 9.52. The summed E-state index contributed by atoms with van der Waals surface area (Å²) in [4.78, 5) is 10.9. The van der Waals surface area contributed by atoms with Gasteiger partial charge in [-0.05, 0) is 30.4 Å². The van der Waals surface area contributed by atoms with Crippen molar-refractivity contribution in [1.82, 2.24) is 25.1 Å². The first-order valence-corrected chi connectivity index (χ1v) is 11.9. The maximum Gasteiger partial charge on any atom is 0.222 e. The van der Waals surface area contributed by atoms with Crippen LogP contribution in [0.15, 0.2) is 30.5 Å². The molecule has 178 valence electrons. The number of nitrogens with two attached hydrogens (primary N) is 1. The summed E-state index contributed by atoms with van der Waals surface area (Å²) < 4.78 is 7.31. The van der Waals surface area contributed by atoms with Crippen molar-refractivity contribution in [2.24, 2.45) is 0 Å². The van der Waals surface area contributed by atoms with Crippen LogP contribution in [0.2, 0.25) is 0 Å². The molecule has 0 bridgehead atoms. The number of nitrogens with zero attached hydrogens (tertiary/aromatic N) is 5. The van der Waals surface area contributed by atoms with Gasteiger partial charge in [0.1, 0.15) is 5.52 Å². The highest BCUT2D eigenvalue weighted by atomic mass is 16.5. The predicted octanol–water partition coefficient (Wildman–Crippen LogP) is 2.32. The normalized spacial score (nSPS) is 14.7. The fraction of sp³-hybridized carbons (Fsp3) is 0.542. The molecule has 3 aromatic rings. The zero-order valence-electron chi connectivity index (χ0n) is 19.4. The average Bonchev–Trinajstić information content (AvgIpc) is 3.23. The number of aliphatic hydroxyl groups is 1. The van der Waals surface area contributed by atoms with E-state index in [-0.39, 0.29) is 12.6 Å². The molecule has 33 heavy (non-hydrogen) atoms. The molecule has 9 heteroatoms. The van der Waals surface area contributed by atoms with Gasteiger partial charge in [-0.3, -0.25) is 4.68 Å². The van der Waals surface area contributed by atoms with Crippen molar-refractivity contribution >= 4 is 22.8 Å². The lowest BCUT2D eigenvalue weighted by molar-refractivity contribution is 0.0776. The molecule has 4 rings (SSSR count). The smallest absolute Gasteiger partial charge is 0.222 e. The Labute approximate surface area is 195 Å². The third-order valence-electron chi connectivity index (χ3n) is 6.04. The number of hydrogen-bond acceptors (Lipinski definition) is 8. The number of benzene rings is 1. The van der Waals surface area contributed by atoms with E-state index in [4.69, 9.17) is 15.6 Å². The molecule has 0 radical (unpaired) electrons. The van der Waals surface area contributed by atoms with E-state index in [2.05, 4.69) is 46.5 Å². The third kappa shape index (κ3) is 6.19. The zero-order chi connectivity index (χ0) is 23.0. The number of anilines is 2. The van der Waals surface area contributed by atoms with Gasteiger partial charge in [-0.2, -0.15) is 10.1 Å². The first-order valence-electron chi connectivity index (χ1n) is 11.9. The molecular weight excluding hydrogens is 418 g/mol. The third-order valence-corrected chi connectivity index (χ3v) is 6.04. The Balaban J connectivity index is 1.46. The molecule has 0 atom stereocenters. The van der Waals surface area contributed by atoms with Crippen LogP contribution in [0.5, 0.6) is 0 Å². The molecule has 4 N–H and O–H groups in total. The van der Waals surface area contributed by atoms with Crippen LogP contribution in [0.25, 0.3) is 11.0 Å². The molecule has 0 unspecified atom stereocenters. The van der Waals surface area contributed by atoms with E-state index < -0.39 is 0 Å². The largest absolute Gasteiger partial charge is 0.395 e. The number of nitrogen functional groups attached to an aromatic ring is 1. The molecule has 9 nitrogen and oxygen atoms in total. The standard InChI is InChI=1S/C24H35N7O2/c1-2-3-10-30(11-12-32)23-22-21(27-24(25)28-23)17-31(29-22)16-19-6-4-18(5-7-19)15-26-20-8-13-33-14-9-20/h4-7,17,20,26,32H,2-3,8-16H2,1H3,(H2,25,27). The number of aromatic nitrogens is 4. The summed E-state index contributed by atoms with van der Waals surface area (Å²) in [5.41, 5.74) is 9.85. The van der Waals surface area contributed by atoms with Crippen molar-refractivity contribution in [3.05, 3.63) is 41.6 Å². The zero-order valence-corrected chi connectivity index (χ0v) is 19.4. The molecule has 0 aliphatic carbocycles. The number of ether oxygens (including phenoxy) is 1. The highest BCUT2D eigenvalue weighted by Gasteiger charge is 2.17. The maximum atomic E-state index is 9.52. The summed E-state index contributed by atoms with van der Waals surface area (Å²) >= 11 is 0. The van der Waals surface area contributed by atoms with Gasteiger partial charge in [0.05, 0.1) is 19.3 Å². The molecule has 2 aromatic heterocycles. The Morgan fingerprint density at radius 3 is 2.64 bits per heavy atom. The fourth-order valence-corrected chi connectivity index (χ4v) is 4.17. The predicted molar refractivity (Wildman–Crippen MR) is 130 cm³/mol. The molecular formula is C24H35N7O2. The Kier molecular flexibility index (Phi) is 8.09. The van der Waals surface area contributed by atoms with Crippen molar-refractivity contribution in [3.63, 3.8) is 0 Å². The Morgan fingerprint density at radius 2 is 1.91 bits per heavy atom. The van der Waals surface area contributed by atoms with Crippen LogP contribution in [0.3, 0.4) is 0 Å². The average molecular weight is 454 g/mol. The van der Waals surface area contributed by atoms with E-state index in [1.165, 1.54) is 11.1 Å². The van der Waals surface area contributed by atoms with E-state index in [1.54, 1.807) is 0 Å². The lowest BCUT2D eigenvalue weighted by Gasteiger charge is -2.23. The number of nitrogens with one attached hydrogen (secondary N) is 1. The van der Waals surface area contributed by atoms with Gasteiger partial charge >= 0.3 is 0 Å². The van der Waals surface area contributed by atoms with Gasteiger partial charge in [-0.1, -0.05) is 37.6 Å². The highest BCUT2D eigenvalue weighted by Crippen LogP contribution is 2.24. The van der Waals surface area contributed by atoms with Crippen LogP contribution < -0.4 is 16.0 Å². The summed E-state index contributed by atoms with van der Waals surface area (Å²) in [7, 11) is 0. The number of rotatable bonds is 11. The minimum atomic E-state index is 0.0472. The van der Waals surface area contributed by atoms with Crippen LogP contribution >= 0.6 is 0 Å². The lowest BCUT2D eigenvalue weighted by atomic mass is 10.1. The number of unbranched alkanes of at least 4 members (excludes halogenated alkanes) is 1. The van der Waals surface area contributed by atoms with Gasteiger partial charge < -0.3 is 25.8 Å². The second-order valence-electron chi connectivity index (χ2n) is 8.61. The van der Waals surface area contributed by atoms with Crippen molar-refractivity contribution < 1.29 is 9.84 Å². The molecule has 1 aromatic carbocycles. The Hall–Kier alpha value is -2.75. The second-order valence-corrected chi connectivity index (χ2v) is 8.61. The van der Waals surface area contributed by atoms with Crippen molar-refractivity contribution in [2.45, 2.75) is 51.7 Å². The molecule has 1 aliphatic rings. The van der Waals surface area contributed by atoms with Crippen molar-refractivity contribution in [1.29, 1.82) is 0 Å². The molecule has 0 amide bonds. The number of fused-ring (bicyclic) bond motifs is 1. The number of aliphatic hydroxyl groups excluding tert-OH is 1. The SMILES string of the molecule is CCCCN(CCO)c1nc(N)nc2cn(Cc3ccc(CNC4CCOCC4)cc3)nc12. The van der Waals surface area contributed by atoms with Crippen LogP contribution in [0.4, 0.5) is 11.8 Å². The van der Waals surface area contributed by atoms with Gasteiger partial charge in [0.15, 0.2) is 11.3 Å². The quantitative estimate of drug-likeness (QED) is 0.405. The van der Waals surface area contributed by atoms with E-state index in [0.717, 1.165) is 52.0 Å². The molecule has 3 heterocycles. The van der Waals surface area contributed by atoms with E-state index in [0.29, 0.717) is 36.0 Å². The molecule has 0 spiro atoms. The highest BCUT2D eigenvalue weighted by molar-refractivity contribution is 5.86. The van der Waals surface area contributed by atoms with Crippen LogP contribution in [0.1, 0.15) is 43.7 Å². The van der Waals surface area contributed by atoms with Gasteiger partial charge in [0.25, 0.3) is 0 Å². The molecule has 1 fully saturated rings. The van der Waals surface area contributed by atoms with Gasteiger partial charge in [0.2, 0.25) is 5.95 Å². The number of hydrogen-bond donors (Lipinski definition) is 3. The lowest BCUT2D eigenvalue weighted by Crippen LogP contribution is -2.34. The monoisotopic (exact) mass is 453 g/mol. The van der Waals surface area contributed by atoms with Gasteiger partial charge in [-0.25, -0.2) is 4.98 Å². The Bertz CT molecular complexity index is 1020. The van der Waals surface area contributed by atoms with Crippen molar-refractivity contribution in [3.8, 4) is 0 Å². The summed E-state index contributed by atoms with van der Waals surface area (Å²) in [5, 5.41) is 17.9. The van der Waals surface area contributed by atoms with E-state index in [1.807, 2.05) is 15.8 Å². The summed E-state index contributed by atoms with van der Waals surface area (Å²) in [6, 6.07) is 9.17. The van der Waals surface area contributed by atoms with Crippen LogP contribution in [0, 0.1) is 0 Å². The van der Waals surface area contributed by atoms with E-state index >= 15 is 0 Å². The van der Waals surface area contributed by atoms with Gasteiger partial charge in [0, 0.05) is 38.9 Å². The topological polar surface area (TPSA) is 114 Å². The minimum absolute atomic E-state index is 0.0472. The Morgan fingerprint density at radius 1 is 1.15 bits per heavy atom. The summed E-state index contributed by atoms with van der Waals surface area (Å²) in [6.45, 7) is 6.67. The van der Waals surface area contributed by atoms with Gasteiger partial charge in [-0.15, -0.1) is 0 Å². The van der Waals surface area contributed by atoms with Crippen molar-refractivity contribution in [2.75, 3.05) is 43.5 Å². The van der Waals surface area contributed by atoms with E-state index in [9.17, 15) is 5.11 Å². The fourth-order valence-electron chi connectivity index (χ4n) is 4.17. The first kappa shape index (κ1) is 23.4. The minimum Gasteiger partial charge on any atom is -0.395 e. The molecule has 1 aliphatic heterocycles. The molecule has 1 saturated heterocycles. The van der Waals surface area contributed by atoms with Crippen LogP contribution in [-0.4, -0.2) is 63.8 Å². The second kappa shape index (κ2) is 11.4. The molecule has 0 saturated carbocycles.